The summed E-state index contributed by atoms with van der Waals surface area (Å²) in [6.07, 6.45) is 6.01. The molecule has 5 heteroatoms. The Bertz CT molecular complexity index is 406. The molecule has 1 aromatic heterocycles. The van der Waals surface area contributed by atoms with Gasteiger partial charge in [0.1, 0.15) is 12.1 Å². The van der Waals surface area contributed by atoms with Gasteiger partial charge in [-0.15, -0.1) is 0 Å². The van der Waals surface area contributed by atoms with Gasteiger partial charge in [0.25, 0.3) is 0 Å². The molecule has 0 saturated carbocycles. The van der Waals surface area contributed by atoms with Crippen molar-refractivity contribution in [1.82, 2.24) is 15.3 Å². The molecule has 0 bridgehead atoms. The van der Waals surface area contributed by atoms with Crippen molar-refractivity contribution in [3.63, 3.8) is 0 Å². The molecule has 1 aromatic rings. The van der Waals surface area contributed by atoms with Crippen LogP contribution in [0.5, 0.6) is 5.88 Å². The van der Waals surface area contributed by atoms with Crippen molar-refractivity contribution in [2.75, 3.05) is 31.6 Å². The SMILES string of the molecule is CCOc1cc(NCCC2=CCNCC2)ncn1. The highest BCUT2D eigenvalue weighted by molar-refractivity contribution is 5.37. The largest absolute Gasteiger partial charge is 0.478 e. The maximum Gasteiger partial charge on any atom is 0.218 e. The second-order valence-electron chi connectivity index (χ2n) is 4.17. The quantitative estimate of drug-likeness (QED) is 0.749. The fourth-order valence-electron chi connectivity index (χ4n) is 1.91. The number of aromatic nitrogens is 2. The zero-order valence-corrected chi connectivity index (χ0v) is 10.8. The minimum absolute atomic E-state index is 0.621. The number of rotatable bonds is 6. The molecular formula is C13H20N4O. The molecule has 0 amide bonds. The lowest BCUT2D eigenvalue weighted by atomic mass is 10.1. The third-order valence-corrected chi connectivity index (χ3v) is 2.84. The van der Waals surface area contributed by atoms with E-state index in [1.54, 1.807) is 0 Å². The van der Waals surface area contributed by atoms with Gasteiger partial charge in [0, 0.05) is 19.2 Å². The third-order valence-electron chi connectivity index (χ3n) is 2.84. The van der Waals surface area contributed by atoms with Gasteiger partial charge in [-0.3, -0.25) is 0 Å². The molecule has 1 aliphatic rings. The van der Waals surface area contributed by atoms with Gasteiger partial charge in [0.2, 0.25) is 5.88 Å². The topological polar surface area (TPSA) is 59.1 Å². The number of hydrogen-bond donors (Lipinski definition) is 2. The number of anilines is 1. The molecule has 0 atom stereocenters. The van der Waals surface area contributed by atoms with E-state index >= 15 is 0 Å². The van der Waals surface area contributed by atoms with Gasteiger partial charge in [-0.2, -0.15) is 0 Å². The van der Waals surface area contributed by atoms with E-state index in [0.29, 0.717) is 12.5 Å². The summed E-state index contributed by atoms with van der Waals surface area (Å²) in [5.74, 6) is 1.44. The van der Waals surface area contributed by atoms with Gasteiger partial charge in [0.15, 0.2) is 0 Å². The van der Waals surface area contributed by atoms with Crippen molar-refractivity contribution in [2.45, 2.75) is 19.8 Å². The molecule has 0 fully saturated rings. The van der Waals surface area contributed by atoms with E-state index in [2.05, 4.69) is 26.7 Å². The highest BCUT2D eigenvalue weighted by Gasteiger charge is 2.03. The van der Waals surface area contributed by atoms with Crippen LogP contribution in [-0.2, 0) is 0 Å². The van der Waals surface area contributed by atoms with Crippen LogP contribution >= 0.6 is 0 Å². The first kappa shape index (κ1) is 12.8. The van der Waals surface area contributed by atoms with Crippen LogP contribution in [0.2, 0.25) is 0 Å². The monoisotopic (exact) mass is 248 g/mol. The summed E-state index contributed by atoms with van der Waals surface area (Å²) in [7, 11) is 0. The van der Waals surface area contributed by atoms with Crippen LogP contribution in [0.3, 0.4) is 0 Å². The molecule has 2 heterocycles. The fourth-order valence-corrected chi connectivity index (χ4v) is 1.91. The molecule has 0 radical (unpaired) electrons. The number of nitrogens with zero attached hydrogens (tertiary/aromatic N) is 2. The Balaban J connectivity index is 1.78. The first-order valence-corrected chi connectivity index (χ1v) is 6.46. The van der Waals surface area contributed by atoms with Crippen molar-refractivity contribution in [3.05, 3.63) is 24.0 Å². The summed E-state index contributed by atoms with van der Waals surface area (Å²) in [6.45, 7) is 5.55. The second kappa shape index (κ2) is 6.96. The van der Waals surface area contributed by atoms with Gasteiger partial charge in [-0.1, -0.05) is 11.6 Å². The van der Waals surface area contributed by atoms with E-state index < -0.39 is 0 Å². The summed E-state index contributed by atoms with van der Waals surface area (Å²) >= 11 is 0. The van der Waals surface area contributed by atoms with Gasteiger partial charge in [-0.05, 0) is 26.3 Å². The first-order valence-electron chi connectivity index (χ1n) is 6.46. The predicted molar refractivity (Wildman–Crippen MR) is 71.9 cm³/mol. The van der Waals surface area contributed by atoms with Crippen molar-refractivity contribution in [2.24, 2.45) is 0 Å². The standard InChI is InChI=1S/C13H20N4O/c1-2-18-13-9-12(16-10-17-13)15-8-5-11-3-6-14-7-4-11/h3,9-10,14H,2,4-8H2,1H3,(H,15,16,17). The highest BCUT2D eigenvalue weighted by Crippen LogP contribution is 2.13. The van der Waals surface area contributed by atoms with E-state index in [4.69, 9.17) is 4.74 Å². The lowest BCUT2D eigenvalue weighted by Gasteiger charge is -2.14. The van der Waals surface area contributed by atoms with E-state index in [1.807, 2.05) is 13.0 Å². The molecule has 5 nitrogen and oxygen atoms in total. The molecule has 0 saturated heterocycles. The summed E-state index contributed by atoms with van der Waals surface area (Å²) in [6, 6.07) is 1.83. The van der Waals surface area contributed by atoms with E-state index in [9.17, 15) is 0 Å². The number of hydrogen-bond acceptors (Lipinski definition) is 5. The Hall–Kier alpha value is -1.62. The van der Waals surface area contributed by atoms with E-state index in [1.165, 1.54) is 11.9 Å². The number of ether oxygens (including phenoxy) is 1. The van der Waals surface area contributed by atoms with Crippen molar-refractivity contribution >= 4 is 5.82 Å². The second-order valence-corrected chi connectivity index (χ2v) is 4.17. The summed E-state index contributed by atoms with van der Waals surface area (Å²) in [5.41, 5.74) is 1.51. The average Bonchev–Trinajstić information content (AvgIpc) is 2.41. The van der Waals surface area contributed by atoms with Crippen LogP contribution in [-0.4, -0.2) is 36.2 Å². The number of nitrogens with one attached hydrogen (secondary N) is 2. The third kappa shape index (κ3) is 4.00. The molecular weight excluding hydrogens is 228 g/mol. The minimum Gasteiger partial charge on any atom is -0.478 e. The Morgan fingerprint density at radius 3 is 3.17 bits per heavy atom. The Morgan fingerprint density at radius 1 is 1.44 bits per heavy atom. The van der Waals surface area contributed by atoms with Crippen LogP contribution in [0.1, 0.15) is 19.8 Å². The molecule has 0 aliphatic carbocycles. The fraction of sp³-hybridized carbons (Fsp3) is 0.538. The molecule has 0 aromatic carbocycles. The van der Waals surface area contributed by atoms with Gasteiger partial charge < -0.3 is 15.4 Å². The van der Waals surface area contributed by atoms with Crippen LogP contribution in [0.25, 0.3) is 0 Å². The van der Waals surface area contributed by atoms with Gasteiger partial charge >= 0.3 is 0 Å². The maximum absolute atomic E-state index is 5.33. The first-order chi connectivity index (χ1) is 8.88. The molecule has 1 aliphatic heterocycles. The smallest absolute Gasteiger partial charge is 0.218 e. The molecule has 2 rings (SSSR count). The van der Waals surface area contributed by atoms with Crippen LogP contribution in [0.15, 0.2) is 24.0 Å². The molecule has 98 valence electrons. The van der Waals surface area contributed by atoms with Crippen molar-refractivity contribution < 1.29 is 4.74 Å². The zero-order chi connectivity index (χ0) is 12.6. The highest BCUT2D eigenvalue weighted by atomic mass is 16.5. The average molecular weight is 248 g/mol. The Labute approximate surface area is 108 Å². The summed E-state index contributed by atoms with van der Waals surface area (Å²) in [4.78, 5) is 8.20. The van der Waals surface area contributed by atoms with Gasteiger partial charge in [-0.25, -0.2) is 9.97 Å². The molecule has 0 unspecified atom stereocenters. The molecule has 2 N–H and O–H groups in total. The molecule has 0 spiro atoms. The maximum atomic E-state index is 5.33. The van der Waals surface area contributed by atoms with Crippen LogP contribution in [0, 0.1) is 0 Å². The van der Waals surface area contributed by atoms with Crippen molar-refractivity contribution in [3.8, 4) is 5.88 Å². The zero-order valence-electron chi connectivity index (χ0n) is 10.8. The predicted octanol–water partition coefficient (Wildman–Crippen LogP) is 1.60. The van der Waals surface area contributed by atoms with E-state index in [-0.39, 0.29) is 0 Å². The Kier molecular flexibility index (Phi) is 4.96. The van der Waals surface area contributed by atoms with Gasteiger partial charge in [0.05, 0.1) is 6.61 Å². The minimum atomic E-state index is 0.621. The Morgan fingerprint density at radius 2 is 2.39 bits per heavy atom. The lowest BCUT2D eigenvalue weighted by molar-refractivity contribution is 0.326. The lowest BCUT2D eigenvalue weighted by Crippen LogP contribution is -2.21. The summed E-state index contributed by atoms with van der Waals surface area (Å²) in [5, 5.41) is 6.61. The van der Waals surface area contributed by atoms with Crippen LogP contribution < -0.4 is 15.4 Å². The van der Waals surface area contributed by atoms with Crippen molar-refractivity contribution in [1.29, 1.82) is 0 Å². The normalized spacial score (nSPS) is 15.1. The summed E-state index contributed by atoms with van der Waals surface area (Å²) < 4.78 is 5.33. The van der Waals surface area contributed by atoms with Crippen LogP contribution in [0.4, 0.5) is 5.82 Å². The van der Waals surface area contributed by atoms with E-state index in [0.717, 1.165) is 38.3 Å². The molecule has 18 heavy (non-hydrogen) atoms.